The number of anilines is 1. The van der Waals surface area contributed by atoms with Crippen LogP contribution in [0.5, 0.6) is 0 Å². The van der Waals surface area contributed by atoms with Crippen molar-refractivity contribution in [1.29, 1.82) is 0 Å². The van der Waals surface area contributed by atoms with E-state index in [0.717, 1.165) is 16.9 Å². The third-order valence-corrected chi connectivity index (χ3v) is 5.00. The lowest BCUT2D eigenvalue weighted by Crippen LogP contribution is -2.21. The molecule has 2 atom stereocenters. The molecule has 0 spiro atoms. The number of aromatic nitrogens is 1. The average molecular weight is 236 g/mol. The fourth-order valence-electron chi connectivity index (χ4n) is 2.46. The molecule has 0 aromatic carbocycles. The molecule has 1 saturated carbocycles. The van der Waals surface area contributed by atoms with Gasteiger partial charge in [-0.15, -0.1) is 11.8 Å². The molecule has 16 heavy (non-hydrogen) atoms. The average Bonchev–Trinajstić information content (AvgIpc) is 2.33. The van der Waals surface area contributed by atoms with E-state index in [4.69, 9.17) is 5.73 Å². The minimum Gasteiger partial charge on any atom is -0.397 e. The van der Waals surface area contributed by atoms with Crippen LogP contribution in [0.25, 0.3) is 0 Å². The van der Waals surface area contributed by atoms with E-state index in [2.05, 4.69) is 11.9 Å². The van der Waals surface area contributed by atoms with Crippen LogP contribution >= 0.6 is 11.8 Å². The zero-order valence-corrected chi connectivity index (χ0v) is 10.7. The summed E-state index contributed by atoms with van der Waals surface area (Å²) in [6.07, 6.45) is 10.4. The summed E-state index contributed by atoms with van der Waals surface area (Å²) in [5, 5.41) is 0.753. The van der Waals surface area contributed by atoms with Gasteiger partial charge in [-0.3, -0.25) is 4.98 Å². The Hall–Kier alpha value is -0.700. The van der Waals surface area contributed by atoms with Crippen molar-refractivity contribution in [2.45, 2.75) is 49.2 Å². The van der Waals surface area contributed by atoms with E-state index < -0.39 is 0 Å². The van der Waals surface area contributed by atoms with Crippen molar-refractivity contribution >= 4 is 17.4 Å². The minimum atomic E-state index is 0.753. The van der Waals surface area contributed by atoms with E-state index in [9.17, 15) is 0 Å². The molecule has 0 aliphatic heterocycles. The van der Waals surface area contributed by atoms with Gasteiger partial charge in [0.2, 0.25) is 0 Å². The third-order valence-electron chi connectivity index (χ3n) is 3.45. The quantitative estimate of drug-likeness (QED) is 0.869. The Morgan fingerprint density at radius 3 is 3.00 bits per heavy atom. The summed E-state index contributed by atoms with van der Waals surface area (Å²) in [5.41, 5.74) is 6.77. The summed E-state index contributed by atoms with van der Waals surface area (Å²) in [6.45, 7) is 2.31. The zero-order valence-electron chi connectivity index (χ0n) is 9.86. The molecule has 1 fully saturated rings. The van der Waals surface area contributed by atoms with Gasteiger partial charge in [-0.1, -0.05) is 26.2 Å². The maximum absolute atomic E-state index is 5.94. The van der Waals surface area contributed by atoms with Gasteiger partial charge < -0.3 is 5.73 Å². The Morgan fingerprint density at radius 1 is 1.44 bits per heavy atom. The maximum Gasteiger partial charge on any atom is 0.0638 e. The third kappa shape index (κ3) is 2.70. The Kier molecular flexibility index (Phi) is 4.10. The van der Waals surface area contributed by atoms with Gasteiger partial charge >= 0.3 is 0 Å². The summed E-state index contributed by atoms with van der Waals surface area (Å²) in [4.78, 5) is 5.25. The summed E-state index contributed by atoms with van der Waals surface area (Å²) in [6, 6.07) is 2.04. The number of hydrogen-bond acceptors (Lipinski definition) is 3. The van der Waals surface area contributed by atoms with Crippen molar-refractivity contribution in [3.8, 4) is 0 Å². The van der Waals surface area contributed by atoms with E-state index in [1.54, 1.807) is 6.20 Å². The van der Waals surface area contributed by atoms with Crippen molar-refractivity contribution in [3.05, 3.63) is 18.5 Å². The summed E-state index contributed by atoms with van der Waals surface area (Å²) < 4.78 is 0. The fraction of sp³-hybridized carbons (Fsp3) is 0.615. The monoisotopic (exact) mass is 236 g/mol. The molecule has 0 bridgehead atoms. The van der Waals surface area contributed by atoms with Crippen LogP contribution in [0, 0.1) is 5.92 Å². The minimum absolute atomic E-state index is 0.753. The first-order valence-corrected chi connectivity index (χ1v) is 7.05. The van der Waals surface area contributed by atoms with Crippen LogP contribution in [-0.2, 0) is 0 Å². The molecule has 2 nitrogen and oxygen atoms in total. The summed E-state index contributed by atoms with van der Waals surface area (Å²) in [7, 11) is 0. The van der Waals surface area contributed by atoms with E-state index in [1.807, 2.05) is 24.0 Å². The van der Waals surface area contributed by atoms with Crippen LogP contribution in [0.15, 0.2) is 23.4 Å². The Morgan fingerprint density at radius 2 is 2.25 bits per heavy atom. The molecule has 0 saturated heterocycles. The van der Waals surface area contributed by atoms with Crippen molar-refractivity contribution in [1.82, 2.24) is 4.98 Å². The molecular formula is C13H20N2S. The number of pyridine rings is 1. The molecule has 1 aromatic heterocycles. The van der Waals surface area contributed by atoms with Crippen LogP contribution in [0.4, 0.5) is 5.69 Å². The largest absolute Gasteiger partial charge is 0.397 e. The Balaban J connectivity index is 2.05. The van der Waals surface area contributed by atoms with Gasteiger partial charge in [0.05, 0.1) is 11.9 Å². The molecule has 3 heteroatoms. The van der Waals surface area contributed by atoms with Crippen LogP contribution in [0.3, 0.4) is 0 Å². The molecular weight excluding hydrogens is 216 g/mol. The molecule has 1 heterocycles. The summed E-state index contributed by atoms with van der Waals surface area (Å²) in [5.74, 6) is 0.867. The van der Waals surface area contributed by atoms with Gasteiger partial charge in [0.25, 0.3) is 0 Å². The first-order valence-electron chi connectivity index (χ1n) is 6.17. The molecule has 2 N–H and O–H groups in total. The smallest absolute Gasteiger partial charge is 0.0638 e. The van der Waals surface area contributed by atoms with Crippen LogP contribution in [0.1, 0.15) is 39.0 Å². The highest BCUT2D eigenvalue weighted by Crippen LogP contribution is 2.40. The normalized spacial score (nSPS) is 25.6. The zero-order chi connectivity index (χ0) is 11.4. The van der Waals surface area contributed by atoms with Crippen molar-refractivity contribution in [2.75, 3.05) is 5.73 Å². The second-order valence-electron chi connectivity index (χ2n) is 4.52. The lowest BCUT2D eigenvalue weighted by molar-refractivity contribution is 0.361. The molecule has 2 rings (SSSR count). The van der Waals surface area contributed by atoms with Crippen molar-refractivity contribution in [3.63, 3.8) is 0 Å². The van der Waals surface area contributed by atoms with Crippen molar-refractivity contribution < 1.29 is 0 Å². The predicted octanol–water partition coefficient (Wildman–Crippen LogP) is 3.72. The standard InChI is InChI=1S/C13H20N2S/c1-2-10-5-3-4-6-12(10)16-13-7-8-15-9-11(13)14/h7-10,12H,2-6,14H2,1H3. The predicted molar refractivity (Wildman–Crippen MR) is 70.5 cm³/mol. The van der Waals surface area contributed by atoms with Gasteiger partial charge in [-0.25, -0.2) is 0 Å². The molecule has 1 aliphatic rings. The molecule has 0 radical (unpaired) electrons. The molecule has 1 aliphatic carbocycles. The SMILES string of the molecule is CCC1CCCCC1Sc1ccncc1N. The Labute approximate surface area is 102 Å². The highest BCUT2D eigenvalue weighted by molar-refractivity contribution is 8.00. The van der Waals surface area contributed by atoms with Gasteiger partial charge in [0.1, 0.15) is 0 Å². The number of thioether (sulfide) groups is 1. The van der Waals surface area contributed by atoms with Gasteiger partial charge in [0, 0.05) is 16.3 Å². The summed E-state index contributed by atoms with van der Waals surface area (Å²) >= 11 is 1.96. The number of rotatable bonds is 3. The maximum atomic E-state index is 5.94. The fourth-order valence-corrected chi connectivity index (χ4v) is 3.92. The first-order chi connectivity index (χ1) is 7.81. The van der Waals surface area contributed by atoms with E-state index >= 15 is 0 Å². The van der Waals surface area contributed by atoms with Crippen molar-refractivity contribution in [2.24, 2.45) is 5.92 Å². The van der Waals surface area contributed by atoms with E-state index in [-0.39, 0.29) is 0 Å². The second kappa shape index (κ2) is 5.58. The topological polar surface area (TPSA) is 38.9 Å². The number of nitrogens with zero attached hydrogens (tertiary/aromatic N) is 1. The molecule has 1 aromatic rings. The highest BCUT2D eigenvalue weighted by atomic mass is 32.2. The van der Waals surface area contributed by atoms with Crippen LogP contribution in [-0.4, -0.2) is 10.2 Å². The Bertz CT molecular complexity index is 340. The van der Waals surface area contributed by atoms with Gasteiger partial charge in [-0.05, 0) is 24.8 Å². The molecule has 0 amide bonds. The lowest BCUT2D eigenvalue weighted by Gasteiger charge is -2.30. The highest BCUT2D eigenvalue weighted by Gasteiger charge is 2.24. The van der Waals surface area contributed by atoms with E-state index in [0.29, 0.717) is 0 Å². The number of hydrogen-bond donors (Lipinski definition) is 1. The second-order valence-corrected chi connectivity index (χ2v) is 5.80. The number of nitrogen functional groups attached to an aromatic ring is 1. The van der Waals surface area contributed by atoms with Crippen LogP contribution < -0.4 is 5.73 Å². The van der Waals surface area contributed by atoms with E-state index in [1.165, 1.54) is 37.0 Å². The van der Waals surface area contributed by atoms with Crippen LogP contribution in [0.2, 0.25) is 0 Å². The first kappa shape index (κ1) is 11.8. The van der Waals surface area contributed by atoms with Gasteiger partial charge in [-0.2, -0.15) is 0 Å². The number of nitrogens with two attached hydrogens (primary N) is 1. The van der Waals surface area contributed by atoms with Gasteiger partial charge in [0.15, 0.2) is 0 Å². The lowest BCUT2D eigenvalue weighted by atomic mass is 9.87. The molecule has 88 valence electrons. The molecule has 2 unspecified atom stereocenters.